The highest BCUT2D eigenvalue weighted by Crippen LogP contribution is 2.25. The van der Waals surface area contributed by atoms with Crippen LogP contribution in [0.25, 0.3) is 0 Å². The Morgan fingerprint density at radius 1 is 1.32 bits per heavy atom. The molecule has 0 saturated carbocycles. The molecule has 7 heteroatoms. The first-order valence-corrected chi connectivity index (χ1v) is 7.16. The van der Waals surface area contributed by atoms with Crippen LogP contribution in [-0.2, 0) is 4.65 Å². The average molecular weight is 309 g/mol. The highest BCUT2D eigenvalue weighted by Gasteiger charge is 2.39. The minimum Gasteiger partial charge on any atom is -0.423 e. The van der Waals surface area contributed by atoms with Crippen LogP contribution in [0.15, 0.2) is 24.3 Å². The van der Waals surface area contributed by atoms with Crippen molar-refractivity contribution < 1.29 is 24.7 Å². The molecular formula is C15H24BNO5. The van der Waals surface area contributed by atoms with E-state index in [4.69, 9.17) is 9.76 Å². The van der Waals surface area contributed by atoms with Gasteiger partial charge in [-0.2, -0.15) is 0 Å². The molecule has 1 aromatic rings. The molecule has 0 spiro atoms. The highest BCUT2D eigenvalue weighted by molar-refractivity contribution is 6.60. The van der Waals surface area contributed by atoms with Gasteiger partial charge in [-0.1, -0.05) is 12.1 Å². The predicted molar refractivity (Wildman–Crippen MR) is 84.9 cm³/mol. The molecule has 1 amide bonds. The van der Waals surface area contributed by atoms with Gasteiger partial charge in [0.15, 0.2) is 0 Å². The van der Waals surface area contributed by atoms with Crippen LogP contribution in [-0.4, -0.2) is 52.6 Å². The van der Waals surface area contributed by atoms with Gasteiger partial charge in [-0.3, -0.25) is 4.79 Å². The molecule has 0 heterocycles. The summed E-state index contributed by atoms with van der Waals surface area (Å²) >= 11 is 0. The van der Waals surface area contributed by atoms with Gasteiger partial charge in [0.25, 0.3) is 5.91 Å². The Labute approximate surface area is 131 Å². The Morgan fingerprint density at radius 2 is 1.95 bits per heavy atom. The van der Waals surface area contributed by atoms with Crippen LogP contribution in [0.2, 0.25) is 0 Å². The second kappa shape index (κ2) is 7.24. The summed E-state index contributed by atoms with van der Waals surface area (Å²) in [7, 11) is -1.27. The van der Waals surface area contributed by atoms with Crippen molar-refractivity contribution in [3.63, 3.8) is 0 Å². The number of hydrogen-bond donors (Lipinski definition) is 4. The van der Waals surface area contributed by atoms with Gasteiger partial charge in [0.1, 0.15) is 0 Å². The summed E-state index contributed by atoms with van der Waals surface area (Å²) in [6.45, 7) is 6.56. The Bertz CT molecular complexity index is 513. The van der Waals surface area contributed by atoms with Gasteiger partial charge in [-0.05, 0) is 45.3 Å². The van der Waals surface area contributed by atoms with E-state index in [2.05, 4.69) is 5.32 Å². The van der Waals surface area contributed by atoms with Crippen LogP contribution >= 0.6 is 0 Å². The van der Waals surface area contributed by atoms with Crippen molar-refractivity contribution in [1.82, 2.24) is 5.32 Å². The van der Waals surface area contributed by atoms with E-state index >= 15 is 0 Å². The maximum Gasteiger partial charge on any atom is 0.491 e. The number of rotatable bonds is 7. The Kier molecular flexibility index (Phi) is 6.13. The van der Waals surface area contributed by atoms with Gasteiger partial charge in [0.05, 0.1) is 17.8 Å². The molecule has 0 aliphatic carbocycles. The molecule has 0 atom stereocenters. The van der Waals surface area contributed by atoms with E-state index in [1.165, 1.54) is 6.07 Å². The van der Waals surface area contributed by atoms with E-state index < -0.39 is 18.3 Å². The highest BCUT2D eigenvalue weighted by atomic mass is 16.5. The zero-order valence-electron chi connectivity index (χ0n) is 13.5. The van der Waals surface area contributed by atoms with Gasteiger partial charge in [-0.25, -0.2) is 0 Å². The molecule has 4 N–H and O–H groups in total. The molecule has 0 bridgehead atoms. The van der Waals surface area contributed by atoms with Crippen LogP contribution in [0.3, 0.4) is 0 Å². The summed E-state index contributed by atoms with van der Waals surface area (Å²) in [5.74, 6) is -0.343. The number of carbonyl (C=O) groups is 1. The molecule has 0 aliphatic heterocycles. The summed E-state index contributed by atoms with van der Waals surface area (Å²) in [5, 5.41) is 31.5. The lowest BCUT2D eigenvalue weighted by Crippen LogP contribution is -2.53. The van der Waals surface area contributed by atoms with Crippen molar-refractivity contribution >= 4 is 18.5 Å². The first kappa shape index (κ1) is 18.6. The standard InChI is InChI=1S/C15H24BNO5/c1-14(2,20)15(3,4)22-16(21)12-7-5-6-11(10-12)13(19)17-8-9-18/h5-7,10,18,20-21H,8-9H2,1-4H3,(H,17,19). The SMILES string of the molecule is CC(C)(O)C(C)(C)OB(O)c1cccc(C(=O)NCCO)c1. The quantitative estimate of drug-likeness (QED) is 0.517. The van der Waals surface area contributed by atoms with Crippen molar-refractivity contribution in [2.75, 3.05) is 13.2 Å². The van der Waals surface area contributed by atoms with Crippen LogP contribution in [0.1, 0.15) is 38.1 Å². The normalized spacial score (nSPS) is 12.1. The molecule has 0 saturated heterocycles. The number of hydrogen-bond acceptors (Lipinski definition) is 5. The van der Waals surface area contributed by atoms with Crippen LogP contribution in [0.5, 0.6) is 0 Å². The lowest BCUT2D eigenvalue weighted by molar-refractivity contribution is -0.0982. The van der Waals surface area contributed by atoms with Crippen molar-refractivity contribution in [3.8, 4) is 0 Å². The van der Waals surface area contributed by atoms with E-state index in [9.17, 15) is 14.9 Å². The Hall–Kier alpha value is -1.41. The monoisotopic (exact) mass is 309 g/mol. The summed E-state index contributed by atoms with van der Waals surface area (Å²) in [6.07, 6.45) is 0. The van der Waals surface area contributed by atoms with E-state index in [0.717, 1.165) is 0 Å². The molecule has 1 rings (SSSR count). The van der Waals surface area contributed by atoms with Crippen LogP contribution in [0, 0.1) is 0 Å². The average Bonchev–Trinajstić information content (AvgIpc) is 2.43. The van der Waals surface area contributed by atoms with E-state index in [-0.39, 0.29) is 19.1 Å². The summed E-state index contributed by atoms with van der Waals surface area (Å²) in [6, 6.07) is 6.38. The van der Waals surface area contributed by atoms with E-state index in [1.807, 2.05) is 0 Å². The fourth-order valence-electron chi connectivity index (χ4n) is 1.60. The topological polar surface area (TPSA) is 99.0 Å². The van der Waals surface area contributed by atoms with E-state index in [0.29, 0.717) is 11.0 Å². The van der Waals surface area contributed by atoms with Gasteiger partial charge >= 0.3 is 7.12 Å². The molecule has 0 radical (unpaired) electrons. The zero-order valence-corrected chi connectivity index (χ0v) is 13.5. The molecule has 6 nitrogen and oxygen atoms in total. The third-order valence-electron chi connectivity index (χ3n) is 3.71. The van der Waals surface area contributed by atoms with Crippen LogP contribution < -0.4 is 10.8 Å². The molecule has 1 aromatic carbocycles. The third kappa shape index (κ3) is 4.81. The van der Waals surface area contributed by atoms with Gasteiger partial charge < -0.3 is 25.2 Å². The first-order valence-electron chi connectivity index (χ1n) is 7.16. The first-order chi connectivity index (χ1) is 10.1. The molecular weight excluding hydrogens is 285 g/mol. The molecule has 0 fully saturated rings. The summed E-state index contributed by atoms with van der Waals surface area (Å²) in [4.78, 5) is 11.8. The number of carbonyl (C=O) groups excluding carboxylic acids is 1. The van der Waals surface area contributed by atoms with Crippen molar-refractivity contribution in [2.45, 2.75) is 38.9 Å². The van der Waals surface area contributed by atoms with Crippen molar-refractivity contribution in [3.05, 3.63) is 29.8 Å². The number of nitrogens with one attached hydrogen (secondary N) is 1. The smallest absolute Gasteiger partial charge is 0.423 e. The minimum atomic E-state index is -1.27. The molecule has 22 heavy (non-hydrogen) atoms. The fourth-order valence-corrected chi connectivity index (χ4v) is 1.60. The largest absolute Gasteiger partial charge is 0.491 e. The van der Waals surface area contributed by atoms with Crippen molar-refractivity contribution in [1.29, 1.82) is 0 Å². The maximum absolute atomic E-state index is 11.8. The molecule has 0 aromatic heterocycles. The fraction of sp³-hybridized carbons (Fsp3) is 0.533. The number of aliphatic hydroxyl groups excluding tert-OH is 1. The van der Waals surface area contributed by atoms with Gasteiger partial charge in [-0.15, -0.1) is 0 Å². The van der Waals surface area contributed by atoms with Gasteiger partial charge in [0.2, 0.25) is 0 Å². The zero-order chi connectivity index (χ0) is 17.0. The Morgan fingerprint density at radius 3 is 2.50 bits per heavy atom. The molecule has 122 valence electrons. The second-order valence-corrected chi connectivity index (χ2v) is 6.14. The number of benzene rings is 1. The van der Waals surface area contributed by atoms with E-state index in [1.54, 1.807) is 45.9 Å². The number of amides is 1. The minimum absolute atomic E-state index is 0.142. The Balaban J connectivity index is 2.87. The molecule has 0 unspecified atom stereocenters. The third-order valence-corrected chi connectivity index (χ3v) is 3.71. The maximum atomic E-state index is 11.8. The lowest BCUT2D eigenvalue weighted by Gasteiger charge is -2.38. The summed E-state index contributed by atoms with van der Waals surface area (Å²) in [5.41, 5.74) is -1.37. The molecule has 0 aliphatic rings. The summed E-state index contributed by atoms with van der Waals surface area (Å²) < 4.78 is 5.54. The van der Waals surface area contributed by atoms with Gasteiger partial charge in [0, 0.05) is 12.1 Å². The second-order valence-electron chi connectivity index (χ2n) is 6.14. The predicted octanol–water partition coefficient (Wildman–Crippen LogP) is -0.338. The van der Waals surface area contributed by atoms with Crippen molar-refractivity contribution in [2.24, 2.45) is 0 Å². The van der Waals surface area contributed by atoms with Crippen LogP contribution in [0.4, 0.5) is 0 Å². The number of aliphatic hydroxyl groups is 2. The lowest BCUT2D eigenvalue weighted by atomic mass is 9.76.